The summed E-state index contributed by atoms with van der Waals surface area (Å²) in [6.45, 7) is 10.1. The van der Waals surface area contributed by atoms with E-state index in [0.29, 0.717) is 13.2 Å². The SMILES string of the molecule is CCOC(=O)[C@@H]1[C@@H](c2ccccc2)N(C(=O)OC(C)(C)C)C[C@@H]1C. The van der Waals surface area contributed by atoms with Gasteiger partial charge in [0.25, 0.3) is 0 Å². The molecule has 24 heavy (non-hydrogen) atoms. The highest BCUT2D eigenvalue weighted by Crippen LogP contribution is 2.42. The highest BCUT2D eigenvalue weighted by molar-refractivity contribution is 5.77. The van der Waals surface area contributed by atoms with Gasteiger partial charge in [0.2, 0.25) is 0 Å². The Morgan fingerprint density at radius 1 is 1.21 bits per heavy atom. The van der Waals surface area contributed by atoms with Crippen LogP contribution < -0.4 is 0 Å². The molecular formula is C19H27NO4. The predicted octanol–water partition coefficient (Wildman–Crippen LogP) is 3.79. The number of esters is 1. The van der Waals surface area contributed by atoms with Crippen molar-refractivity contribution in [3.8, 4) is 0 Å². The normalized spacial score (nSPS) is 23.9. The topological polar surface area (TPSA) is 55.8 Å². The molecule has 1 aliphatic rings. The summed E-state index contributed by atoms with van der Waals surface area (Å²) >= 11 is 0. The molecule has 1 heterocycles. The zero-order valence-corrected chi connectivity index (χ0v) is 15.1. The zero-order chi connectivity index (χ0) is 17.9. The summed E-state index contributed by atoms with van der Waals surface area (Å²) in [5.41, 5.74) is 0.342. The zero-order valence-electron chi connectivity index (χ0n) is 15.1. The first-order valence-corrected chi connectivity index (χ1v) is 8.45. The second-order valence-electron chi connectivity index (χ2n) is 7.24. The third-order valence-electron chi connectivity index (χ3n) is 4.10. The summed E-state index contributed by atoms with van der Waals surface area (Å²) in [6.07, 6.45) is -0.394. The maximum absolute atomic E-state index is 12.7. The molecule has 1 saturated heterocycles. The van der Waals surface area contributed by atoms with Crippen LogP contribution in [0.4, 0.5) is 4.79 Å². The van der Waals surface area contributed by atoms with Crippen LogP contribution >= 0.6 is 0 Å². The first-order chi connectivity index (χ1) is 11.2. The number of carbonyl (C=O) groups excluding carboxylic acids is 2. The smallest absolute Gasteiger partial charge is 0.410 e. The van der Waals surface area contributed by atoms with E-state index in [1.165, 1.54) is 0 Å². The van der Waals surface area contributed by atoms with E-state index in [2.05, 4.69) is 0 Å². The number of likely N-dealkylation sites (tertiary alicyclic amines) is 1. The Labute approximate surface area is 143 Å². The van der Waals surface area contributed by atoms with E-state index in [-0.39, 0.29) is 23.8 Å². The number of hydrogen-bond donors (Lipinski definition) is 0. The number of amides is 1. The molecule has 0 bridgehead atoms. The number of hydrogen-bond acceptors (Lipinski definition) is 4. The molecule has 0 unspecified atom stereocenters. The molecule has 3 atom stereocenters. The lowest BCUT2D eigenvalue weighted by molar-refractivity contribution is -0.150. The van der Waals surface area contributed by atoms with Gasteiger partial charge in [-0.15, -0.1) is 0 Å². The van der Waals surface area contributed by atoms with Crippen molar-refractivity contribution >= 4 is 12.1 Å². The van der Waals surface area contributed by atoms with Crippen LogP contribution in [0.5, 0.6) is 0 Å². The fraction of sp³-hybridized carbons (Fsp3) is 0.579. The lowest BCUT2D eigenvalue weighted by Gasteiger charge is -2.30. The second-order valence-corrected chi connectivity index (χ2v) is 7.24. The average molecular weight is 333 g/mol. The number of ether oxygens (including phenoxy) is 2. The van der Waals surface area contributed by atoms with Crippen molar-refractivity contribution in [3.05, 3.63) is 35.9 Å². The molecule has 0 spiro atoms. The van der Waals surface area contributed by atoms with Crippen LogP contribution in [0, 0.1) is 11.8 Å². The maximum Gasteiger partial charge on any atom is 0.410 e. The van der Waals surface area contributed by atoms with Crippen molar-refractivity contribution in [1.82, 2.24) is 4.90 Å². The van der Waals surface area contributed by atoms with Gasteiger partial charge in [-0.3, -0.25) is 9.69 Å². The highest BCUT2D eigenvalue weighted by atomic mass is 16.6. The van der Waals surface area contributed by atoms with Crippen molar-refractivity contribution in [2.24, 2.45) is 11.8 Å². The van der Waals surface area contributed by atoms with E-state index in [9.17, 15) is 9.59 Å². The van der Waals surface area contributed by atoms with Gasteiger partial charge in [-0.2, -0.15) is 0 Å². The van der Waals surface area contributed by atoms with Crippen LogP contribution in [0.15, 0.2) is 30.3 Å². The Hall–Kier alpha value is -2.04. The summed E-state index contributed by atoms with van der Waals surface area (Å²) in [5, 5.41) is 0. The Balaban J connectivity index is 2.36. The lowest BCUT2D eigenvalue weighted by Crippen LogP contribution is -2.38. The van der Waals surface area contributed by atoms with Crippen molar-refractivity contribution in [1.29, 1.82) is 0 Å². The Morgan fingerprint density at radius 2 is 1.83 bits per heavy atom. The number of carbonyl (C=O) groups is 2. The summed E-state index contributed by atoms with van der Waals surface area (Å²) in [7, 11) is 0. The van der Waals surface area contributed by atoms with Crippen LogP contribution in [0.1, 0.15) is 46.2 Å². The highest BCUT2D eigenvalue weighted by Gasteiger charge is 2.48. The van der Waals surface area contributed by atoms with Crippen LogP contribution in [0.25, 0.3) is 0 Å². The quantitative estimate of drug-likeness (QED) is 0.790. The predicted molar refractivity (Wildman–Crippen MR) is 91.4 cm³/mol. The molecule has 0 saturated carbocycles. The first-order valence-electron chi connectivity index (χ1n) is 8.45. The van der Waals surface area contributed by atoms with Gasteiger partial charge in [-0.25, -0.2) is 4.79 Å². The van der Waals surface area contributed by atoms with E-state index in [4.69, 9.17) is 9.47 Å². The van der Waals surface area contributed by atoms with Gasteiger partial charge in [-0.05, 0) is 39.2 Å². The van der Waals surface area contributed by atoms with Gasteiger partial charge in [0.1, 0.15) is 5.60 Å². The molecular weight excluding hydrogens is 306 g/mol. The molecule has 1 aromatic carbocycles. The molecule has 1 amide bonds. The van der Waals surface area contributed by atoms with Crippen molar-refractivity contribution in [2.75, 3.05) is 13.2 Å². The van der Waals surface area contributed by atoms with Crippen molar-refractivity contribution in [3.63, 3.8) is 0 Å². The Bertz CT molecular complexity index is 579. The molecule has 0 radical (unpaired) electrons. The molecule has 5 heteroatoms. The summed E-state index contributed by atoms with van der Waals surface area (Å²) in [5.74, 6) is -0.647. The number of rotatable bonds is 3. The molecule has 1 aromatic rings. The third kappa shape index (κ3) is 4.08. The van der Waals surface area contributed by atoms with Gasteiger partial charge < -0.3 is 9.47 Å². The molecule has 2 rings (SSSR count). The summed E-state index contributed by atoms with van der Waals surface area (Å²) < 4.78 is 10.8. The maximum atomic E-state index is 12.7. The van der Waals surface area contributed by atoms with Gasteiger partial charge >= 0.3 is 12.1 Å². The molecule has 132 valence electrons. The molecule has 0 N–H and O–H groups in total. The van der Waals surface area contributed by atoms with Crippen molar-refractivity contribution in [2.45, 2.75) is 46.3 Å². The first kappa shape index (κ1) is 18.3. The van der Waals surface area contributed by atoms with E-state index >= 15 is 0 Å². The van der Waals surface area contributed by atoms with Gasteiger partial charge in [0.15, 0.2) is 0 Å². The lowest BCUT2D eigenvalue weighted by atomic mass is 9.88. The minimum absolute atomic E-state index is 0.00164. The van der Waals surface area contributed by atoms with Crippen LogP contribution in [0.3, 0.4) is 0 Å². The minimum Gasteiger partial charge on any atom is -0.466 e. The van der Waals surface area contributed by atoms with Gasteiger partial charge in [-0.1, -0.05) is 37.3 Å². The van der Waals surface area contributed by atoms with E-state index in [1.807, 2.05) is 58.0 Å². The van der Waals surface area contributed by atoms with Crippen LogP contribution in [-0.2, 0) is 14.3 Å². The van der Waals surface area contributed by atoms with Crippen LogP contribution in [0.2, 0.25) is 0 Å². The largest absolute Gasteiger partial charge is 0.466 e. The fourth-order valence-electron chi connectivity index (χ4n) is 3.19. The third-order valence-corrected chi connectivity index (χ3v) is 4.10. The van der Waals surface area contributed by atoms with E-state index < -0.39 is 11.7 Å². The standard InChI is InChI=1S/C19H27NO4/c1-6-23-17(21)15-13(2)12-20(18(22)24-19(3,4)5)16(15)14-10-8-7-9-11-14/h7-11,13,15-16H,6,12H2,1-5H3/t13-,15-,16+/m0/s1. The Morgan fingerprint density at radius 3 is 2.38 bits per heavy atom. The molecule has 0 aromatic heterocycles. The number of benzene rings is 1. The Kier molecular flexibility index (Phi) is 5.52. The number of nitrogens with zero attached hydrogens (tertiary/aromatic N) is 1. The summed E-state index contributed by atoms with van der Waals surface area (Å²) in [6, 6.07) is 9.24. The fourth-order valence-corrected chi connectivity index (χ4v) is 3.19. The van der Waals surface area contributed by atoms with E-state index in [1.54, 1.807) is 11.8 Å². The molecule has 0 aliphatic carbocycles. The van der Waals surface area contributed by atoms with E-state index in [0.717, 1.165) is 5.56 Å². The van der Waals surface area contributed by atoms with Gasteiger partial charge in [0.05, 0.1) is 18.6 Å². The second kappa shape index (κ2) is 7.24. The monoisotopic (exact) mass is 333 g/mol. The minimum atomic E-state index is -0.580. The van der Waals surface area contributed by atoms with Gasteiger partial charge in [0, 0.05) is 6.54 Å². The molecule has 1 fully saturated rings. The van der Waals surface area contributed by atoms with Crippen LogP contribution in [-0.4, -0.2) is 35.7 Å². The van der Waals surface area contributed by atoms with Crippen molar-refractivity contribution < 1.29 is 19.1 Å². The summed E-state index contributed by atoms with van der Waals surface area (Å²) in [4.78, 5) is 26.8. The average Bonchev–Trinajstić information content (AvgIpc) is 2.84. The molecule has 5 nitrogen and oxygen atoms in total. The molecule has 1 aliphatic heterocycles.